The van der Waals surface area contributed by atoms with Crippen molar-refractivity contribution in [2.45, 2.75) is 18.6 Å². The SMILES string of the molecule is CN1CCOC(C(Cc2cc(F)cc(F)c2)NN)C1. The van der Waals surface area contributed by atoms with Gasteiger partial charge in [0.05, 0.1) is 18.8 Å². The van der Waals surface area contributed by atoms with Gasteiger partial charge in [-0.3, -0.25) is 11.3 Å². The summed E-state index contributed by atoms with van der Waals surface area (Å²) < 4.78 is 32.0. The number of hydrogen-bond acceptors (Lipinski definition) is 4. The number of benzene rings is 1. The van der Waals surface area contributed by atoms with Crippen LogP contribution in [0, 0.1) is 11.6 Å². The smallest absolute Gasteiger partial charge is 0.126 e. The van der Waals surface area contributed by atoms with Crippen LogP contribution in [0.1, 0.15) is 5.56 Å². The number of likely N-dealkylation sites (N-methyl/N-ethyl adjacent to an activating group) is 1. The summed E-state index contributed by atoms with van der Waals surface area (Å²) in [4.78, 5) is 2.14. The molecule has 0 saturated carbocycles. The molecule has 2 unspecified atom stereocenters. The lowest BCUT2D eigenvalue weighted by atomic mass is 10.0. The van der Waals surface area contributed by atoms with Crippen molar-refractivity contribution < 1.29 is 13.5 Å². The molecule has 1 aromatic rings. The van der Waals surface area contributed by atoms with E-state index in [-0.39, 0.29) is 12.1 Å². The largest absolute Gasteiger partial charge is 0.374 e. The van der Waals surface area contributed by atoms with E-state index >= 15 is 0 Å². The molecular formula is C13H19F2N3O. The van der Waals surface area contributed by atoms with Gasteiger partial charge in [0.25, 0.3) is 0 Å². The monoisotopic (exact) mass is 271 g/mol. The molecule has 2 rings (SSSR count). The average molecular weight is 271 g/mol. The van der Waals surface area contributed by atoms with Gasteiger partial charge in [0.2, 0.25) is 0 Å². The molecule has 6 heteroatoms. The van der Waals surface area contributed by atoms with E-state index < -0.39 is 11.6 Å². The molecule has 106 valence electrons. The molecule has 4 nitrogen and oxygen atoms in total. The van der Waals surface area contributed by atoms with Crippen LogP contribution in [0.15, 0.2) is 18.2 Å². The fraction of sp³-hybridized carbons (Fsp3) is 0.538. The third kappa shape index (κ3) is 3.94. The van der Waals surface area contributed by atoms with E-state index in [2.05, 4.69) is 10.3 Å². The highest BCUT2D eigenvalue weighted by Crippen LogP contribution is 2.14. The lowest BCUT2D eigenvalue weighted by molar-refractivity contribution is -0.0384. The van der Waals surface area contributed by atoms with Crippen LogP contribution in [0.5, 0.6) is 0 Å². The summed E-state index contributed by atoms with van der Waals surface area (Å²) >= 11 is 0. The molecule has 1 aromatic carbocycles. The Kier molecular flexibility index (Phi) is 4.81. The molecule has 0 spiro atoms. The standard InChI is InChI=1S/C13H19F2N3O/c1-18-2-3-19-13(8-18)12(17-16)6-9-4-10(14)7-11(15)5-9/h4-5,7,12-13,17H,2-3,6,8,16H2,1H3. The van der Waals surface area contributed by atoms with Crippen LogP contribution >= 0.6 is 0 Å². The molecule has 0 radical (unpaired) electrons. The molecule has 0 bridgehead atoms. The molecule has 1 fully saturated rings. The van der Waals surface area contributed by atoms with Crippen LogP contribution in [0.3, 0.4) is 0 Å². The van der Waals surface area contributed by atoms with Crippen molar-refractivity contribution in [1.29, 1.82) is 0 Å². The molecule has 3 N–H and O–H groups in total. The Morgan fingerprint density at radius 1 is 1.42 bits per heavy atom. The fourth-order valence-corrected chi connectivity index (χ4v) is 2.33. The van der Waals surface area contributed by atoms with Gasteiger partial charge in [-0.2, -0.15) is 0 Å². The van der Waals surface area contributed by atoms with E-state index in [9.17, 15) is 8.78 Å². The van der Waals surface area contributed by atoms with Crippen LogP contribution < -0.4 is 11.3 Å². The number of ether oxygens (including phenoxy) is 1. The third-order valence-electron chi connectivity index (χ3n) is 3.34. The van der Waals surface area contributed by atoms with Crippen LogP contribution in [-0.2, 0) is 11.2 Å². The summed E-state index contributed by atoms with van der Waals surface area (Å²) in [6.07, 6.45) is 0.332. The minimum Gasteiger partial charge on any atom is -0.374 e. The Morgan fingerprint density at radius 2 is 2.11 bits per heavy atom. The molecular weight excluding hydrogens is 252 g/mol. The van der Waals surface area contributed by atoms with Crippen molar-refractivity contribution in [3.8, 4) is 0 Å². The Balaban J connectivity index is 2.05. The molecule has 2 atom stereocenters. The maximum absolute atomic E-state index is 13.2. The van der Waals surface area contributed by atoms with Gasteiger partial charge < -0.3 is 9.64 Å². The molecule has 1 saturated heterocycles. The van der Waals surface area contributed by atoms with Gasteiger partial charge in [-0.1, -0.05) is 0 Å². The first kappa shape index (κ1) is 14.3. The van der Waals surface area contributed by atoms with Crippen molar-refractivity contribution >= 4 is 0 Å². The summed E-state index contributed by atoms with van der Waals surface area (Å²) in [7, 11) is 2.00. The number of morpholine rings is 1. The van der Waals surface area contributed by atoms with Crippen LogP contribution in [-0.4, -0.2) is 43.8 Å². The number of nitrogens with zero attached hydrogens (tertiary/aromatic N) is 1. The lowest BCUT2D eigenvalue weighted by Gasteiger charge is -2.35. The van der Waals surface area contributed by atoms with Crippen molar-refractivity contribution in [2.24, 2.45) is 5.84 Å². The average Bonchev–Trinajstić information content (AvgIpc) is 2.34. The molecule has 0 amide bonds. The second-order valence-electron chi connectivity index (χ2n) is 4.93. The quantitative estimate of drug-likeness (QED) is 0.624. The van der Waals surface area contributed by atoms with Crippen molar-refractivity contribution in [3.63, 3.8) is 0 Å². The molecule has 1 heterocycles. The number of rotatable bonds is 4. The maximum Gasteiger partial charge on any atom is 0.126 e. The highest BCUT2D eigenvalue weighted by molar-refractivity contribution is 5.19. The van der Waals surface area contributed by atoms with Gasteiger partial charge in [-0.05, 0) is 31.2 Å². The second kappa shape index (κ2) is 6.38. The Hall–Kier alpha value is -1.08. The van der Waals surface area contributed by atoms with Gasteiger partial charge in [-0.25, -0.2) is 8.78 Å². The minimum atomic E-state index is -0.576. The second-order valence-corrected chi connectivity index (χ2v) is 4.93. The highest BCUT2D eigenvalue weighted by Gasteiger charge is 2.26. The van der Waals surface area contributed by atoms with Crippen molar-refractivity contribution in [3.05, 3.63) is 35.4 Å². The first-order chi connectivity index (χ1) is 9.08. The van der Waals surface area contributed by atoms with Crippen molar-refractivity contribution in [1.82, 2.24) is 10.3 Å². The molecule has 0 aliphatic carbocycles. The Labute approximate surface area is 111 Å². The predicted molar refractivity (Wildman–Crippen MR) is 68.4 cm³/mol. The topological polar surface area (TPSA) is 50.5 Å². The molecule has 19 heavy (non-hydrogen) atoms. The fourth-order valence-electron chi connectivity index (χ4n) is 2.33. The maximum atomic E-state index is 13.2. The van der Waals surface area contributed by atoms with Crippen LogP contribution in [0.25, 0.3) is 0 Å². The first-order valence-electron chi connectivity index (χ1n) is 6.29. The molecule has 0 aromatic heterocycles. The zero-order valence-electron chi connectivity index (χ0n) is 10.9. The van der Waals surface area contributed by atoms with Gasteiger partial charge in [-0.15, -0.1) is 0 Å². The van der Waals surface area contributed by atoms with E-state index in [0.29, 0.717) is 18.6 Å². The van der Waals surface area contributed by atoms with E-state index in [1.54, 1.807) is 0 Å². The number of hydrogen-bond donors (Lipinski definition) is 2. The van der Waals surface area contributed by atoms with Gasteiger partial charge in [0, 0.05) is 19.2 Å². The zero-order valence-corrected chi connectivity index (χ0v) is 10.9. The number of nitrogens with one attached hydrogen (secondary N) is 1. The van der Waals surface area contributed by atoms with E-state index in [4.69, 9.17) is 10.6 Å². The third-order valence-corrected chi connectivity index (χ3v) is 3.34. The van der Waals surface area contributed by atoms with E-state index in [0.717, 1.165) is 19.2 Å². The summed E-state index contributed by atoms with van der Waals surface area (Å²) in [6.45, 7) is 2.26. The summed E-state index contributed by atoms with van der Waals surface area (Å²) in [5, 5.41) is 0. The van der Waals surface area contributed by atoms with Gasteiger partial charge in [0.15, 0.2) is 0 Å². The molecule has 1 aliphatic rings. The highest BCUT2D eigenvalue weighted by atomic mass is 19.1. The van der Waals surface area contributed by atoms with E-state index in [1.165, 1.54) is 12.1 Å². The normalized spacial score (nSPS) is 22.4. The lowest BCUT2D eigenvalue weighted by Crippen LogP contribution is -2.54. The Bertz CT molecular complexity index is 410. The first-order valence-corrected chi connectivity index (χ1v) is 6.29. The molecule has 1 aliphatic heterocycles. The summed E-state index contributed by atoms with van der Waals surface area (Å²) in [5.74, 6) is 4.38. The number of nitrogens with two attached hydrogens (primary N) is 1. The zero-order chi connectivity index (χ0) is 13.8. The van der Waals surface area contributed by atoms with Gasteiger partial charge >= 0.3 is 0 Å². The Morgan fingerprint density at radius 3 is 2.68 bits per heavy atom. The van der Waals surface area contributed by atoms with Crippen LogP contribution in [0.2, 0.25) is 0 Å². The van der Waals surface area contributed by atoms with Crippen LogP contribution in [0.4, 0.5) is 8.78 Å². The number of hydrazine groups is 1. The minimum absolute atomic E-state index is 0.0879. The van der Waals surface area contributed by atoms with E-state index in [1.807, 2.05) is 7.05 Å². The van der Waals surface area contributed by atoms with Gasteiger partial charge in [0.1, 0.15) is 11.6 Å². The number of halogens is 2. The predicted octanol–water partition coefficient (Wildman–Crippen LogP) is 0.670. The summed E-state index contributed by atoms with van der Waals surface area (Å²) in [6, 6.07) is 3.32. The van der Waals surface area contributed by atoms with Crippen molar-refractivity contribution in [2.75, 3.05) is 26.7 Å². The summed E-state index contributed by atoms with van der Waals surface area (Å²) in [5.41, 5.74) is 3.25.